The number of hydrogen-bond donors (Lipinski definition) is 1. The van der Waals surface area contributed by atoms with Gasteiger partial charge in [0.15, 0.2) is 6.10 Å². The number of phosphoric acid groups is 1. The predicted octanol–water partition coefficient (Wildman–Crippen LogP) is 25.1. The number of allylic oxidation sites excluding steroid dienone is 16. The lowest BCUT2D eigenvalue weighted by atomic mass is 10.0. The molecule has 10 heteroatoms. The topological polar surface area (TPSA) is 108 Å². The van der Waals surface area contributed by atoms with Crippen molar-refractivity contribution in [2.24, 2.45) is 0 Å². The van der Waals surface area contributed by atoms with Gasteiger partial charge in [-0.2, -0.15) is 0 Å². The molecule has 0 aromatic rings. The Labute approximate surface area is 557 Å². The highest BCUT2D eigenvalue weighted by atomic mass is 31.2. The largest absolute Gasteiger partial charge is 0.472 e. The monoisotopic (exact) mass is 1280 g/mol. The number of esters is 2. The highest BCUT2D eigenvalue weighted by Crippen LogP contribution is 2.43. The third-order valence-corrected chi connectivity index (χ3v) is 17.6. The Morgan fingerprint density at radius 1 is 0.356 bits per heavy atom. The molecule has 2 atom stereocenters. The number of likely N-dealkylation sites (N-methyl/N-ethyl adjacent to an activating group) is 1. The molecule has 522 valence electrons. The molecule has 0 heterocycles. The number of rotatable bonds is 70. The molecular formula is C80H145NO8P+. The Hall–Kier alpha value is -3.07. The normalized spacial score (nSPS) is 13.6. The molecule has 1 N–H and O–H groups in total. The van der Waals surface area contributed by atoms with Crippen molar-refractivity contribution in [3.8, 4) is 0 Å². The van der Waals surface area contributed by atoms with Gasteiger partial charge in [0.25, 0.3) is 0 Å². The highest BCUT2D eigenvalue weighted by molar-refractivity contribution is 7.47. The zero-order valence-corrected chi connectivity index (χ0v) is 60.5. The molecule has 2 unspecified atom stereocenters. The first-order valence-electron chi connectivity index (χ1n) is 38.0. The maximum atomic E-state index is 12.9. The second-order valence-corrected chi connectivity index (χ2v) is 28.1. The molecule has 0 aliphatic carbocycles. The standard InChI is InChI=1S/C80H144NO8P/c1-6-8-10-12-14-16-18-20-22-24-26-28-30-32-33-34-35-36-37-38-39-40-41-42-43-44-45-46-47-49-51-53-55-57-59-61-63-65-67-69-71-73-80(83)89-78(77-88-90(84,85)87-75-74-81(3,4)5)76-86-79(82)72-70-68-66-64-62-60-58-56-54-52-50-48-31-29-27-25-23-21-19-17-15-13-11-9-7-2/h8,10,14,16,19-22,25-28,32-33,35-36,78H,6-7,9,11-13,15,17-18,23-24,29-31,34,37-77H2,1-5H3/p+1/b10-8-,16-14-,21-19-,22-20-,27-25-,28-26-,33-32-,36-35-. The summed E-state index contributed by atoms with van der Waals surface area (Å²) >= 11 is 0. The van der Waals surface area contributed by atoms with Gasteiger partial charge in [0, 0.05) is 12.8 Å². The van der Waals surface area contributed by atoms with Crippen LogP contribution in [0.3, 0.4) is 0 Å². The van der Waals surface area contributed by atoms with Gasteiger partial charge < -0.3 is 18.9 Å². The van der Waals surface area contributed by atoms with E-state index in [1.54, 1.807) is 0 Å². The second kappa shape index (κ2) is 70.3. The van der Waals surface area contributed by atoms with Gasteiger partial charge in [-0.15, -0.1) is 0 Å². The summed E-state index contributed by atoms with van der Waals surface area (Å²) in [4.78, 5) is 35.9. The van der Waals surface area contributed by atoms with Crippen LogP contribution in [0.1, 0.15) is 348 Å². The van der Waals surface area contributed by atoms with Crippen LogP contribution < -0.4 is 0 Å². The van der Waals surface area contributed by atoms with Gasteiger partial charge in [0.1, 0.15) is 19.8 Å². The van der Waals surface area contributed by atoms with Crippen LogP contribution >= 0.6 is 7.82 Å². The molecule has 0 bridgehead atoms. The first-order valence-corrected chi connectivity index (χ1v) is 39.5. The van der Waals surface area contributed by atoms with E-state index in [1.807, 2.05) is 21.1 Å². The lowest BCUT2D eigenvalue weighted by Crippen LogP contribution is -2.37. The molecule has 0 aromatic heterocycles. The van der Waals surface area contributed by atoms with E-state index in [-0.39, 0.29) is 32.0 Å². The number of hydrogen-bond acceptors (Lipinski definition) is 7. The average molecular weight is 1280 g/mol. The minimum absolute atomic E-state index is 0.0313. The van der Waals surface area contributed by atoms with Crippen molar-refractivity contribution in [2.75, 3.05) is 47.5 Å². The number of quaternary nitrogens is 1. The third kappa shape index (κ3) is 74.0. The van der Waals surface area contributed by atoms with Crippen LogP contribution in [0, 0.1) is 0 Å². The van der Waals surface area contributed by atoms with Gasteiger partial charge in [-0.05, 0) is 96.3 Å². The van der Waals surface area contributed by atoms with E-state index in [4.69, 9.17) is 18.5 Å². The van der Waals surface area contributed by atoms with Gasteiger partial charge in [-0.25, -0.2) is 4.57 Å². The Morgan fingerprint density at radius 3 is 0.944 bits per heavy atom. The van der Waals surface area contributed by atoms with Gasteiger partial charge in [-0.3, -0.25) is 18.6 Å². The first-order chi connectivity index (χ1) is 44.0. The number of carbonyl (C=O) groups excluding carboxylic acids is 2. The SMILES string of the molecule is CC/C=C\C/C=C\C/C=C\C/C=C\C/C=C\C/C=C\CCCCCCCCCCCCCCCCCCCCCCCCC(=O)OC(COC(=O)CCCCCCCCCCCCCCC/C=C\C/C=C\CCCCCCC)COP(=O)(O)OCC[N+](C)(C)C. The van der Waals surface area contributed by atoms with Crippen molar-refractivity contribution in [3.05, 3.63) is 97.2 Å². The zero-order chi connectivity index (χ0) is 65.5. The van der Waals surface area contributed by atoms with E-state index in [1.165, 1.54) is 238 Å². The van der Waals surface area contributed by atoms with Crippen LogP contribution in [-0.2, 0) is 32.7 Å². The molecule has 0 fully saturated rings. The summed E-state index contributed by atoms with van der Waals surface area (Å²) in [7, 11) is 1.49. The lowest BCUT2D eigenvalue weighted by Gasteiger charge is -2.24. The highest BCUT2D eigenvalue weighted by Gasteiger charge is 2.27. The molecule has 9 nitrogen and oxygen atoms in total. The molecular weight excluding hydrogens is 1130 g/mol. The molecule has 0 spiro atoms. The molecule has 0 aromatic carbocycles. The van der Waals surface area contributed by atoms with Gasteiger partial charge in [0.05, 0.1) is 27.7 Å². The maximum absolute atomic E-state index is 12.9. The lowest BCUT2D eigenvalue weighted by molar-refractivity contribution is -0.870. The average Bonchev–Trinajstić information content (AvgIpc) is 3.62. The Morgan fingerprint density at radius 2 is 0.633 bits per heavy atom. The Balaban J connectivity index is 3.94. The van der Waals surface area contributed by atoms with Crippen LogP contribution in [-0.4, -0.2) is 74.9 Å². The second-order valence-electron chi connectivity index (χ2n) is 26.7. The summed E-state index contributed by atoms with van der Waals surface area (Å²) in [5, 5.41) is 0. The molecule has 0 aliphatic heterocycles. The van der Waals surface area contributed by atoms with Crippen molar-refractivity contribution < 1.29 is 42.1 Å². The first kappa shape index (κ1) is 86.9. The summed E-state index contributed by atoms with van der Waals surface area (Å²) in [6.07, 6.45) is 98.2. The maximum Gasteiger partial charge on any atom is 0.472 e. The summed E-state index contributed by atoms with van der Waals surface area (Å²) in [5.74, 6) is -0.784. The molecule has 90 heavy (non-hydrogen) atoms. The number of carbonyl (C=O) groups is 2. The van der Waals surface area contributed by atoms with Crippen LogP contribution in [0.5, 0.6) is 0 Å². The van der Waals surface area contributed by atoms with E-state index in [9.17, 15) is 19.0 Å². The smallest absolute Gasteiger partial charge is 0.462 e. The minimum Gasteiger partial charge on any atom is -0.462 e. The number of nitrogens with zero attached hydrogens (tertiary/aromatic N) is 1. The Bertz CT molecular complexity index is 1840. The fraction of sp³-hybridized carbons (Fsp3) is 0.775. The number of ether oxygens (including phenoxy) is 2. The minimum atomic E-state index is -4.39. The molecule has 0 rings (SSSR count). The van der Waals surface area contributed by atoms with Crippen LogP contribution in [0.15, 0.2) is 97.2 Å². The summed E-state index contributed by atoms with van der Waals surface area (Å²) in [6.45, 7) is 4.35. The van der Waals surface area contributed by atoms with Crippen molar-refractivity contribution >= 4 is 19.8 Å². The van der Waals surface area contributed by atoms with E-state index < -0.39 is 26.5 Å². The van der Waals surface area contributed by atoms with Crippen LogP contribution in [0.25, 0.3) is 0 Å². The van der Waals surface area contributed by atoms with Crippen molar-refractivity contribution in [1.29, 1.82) is 0 Å². The van der Waals surface area contributed by atoms with E-state index in [0.29, 0.717) is 17.4 Å². The third-order valence-electron chi connectivity index (χ3n) is 16.6. The van der Waals surface area contributed by atoms with Gasteiger partial charge >= 0.3 is 19.8 Å². The predicted molar refractivity (Wildman–Crippen MR) is 390 cm³/mol. The molecule has 0 saturated carbocycles. The summed E-state index contributed by atoms with van der Waals surface area (Å²) < 4.78 is 34.8. The van der Waals surface area contributed by atoms with E-state index in [0.717, 1.165) is 77.0 Å². The molecule has 0 amide bonds. The summed E-state index contributed by atoms with van der Waals surface area (Å²) in [5.41, 5.74) is 0. The number of phosphoric ester groups is 1. The fourth-order valence-corrected chi connectivity index (χ4v) is 11.6. The van der Waals surface area contributed by atoms with E-state index in [2.05, 4.69) is 111 Å². The molecule has 0 radical (unpaired) electrons. The van der Waals surface area contributed by atoms with Gasteiger partial charge in [0.2, 0.25) is 0 Å². The Kier molecular flexibility index (Phi) is 67.9. The van der Waals surface area contributed by atoms with Crippen molar-refractivity contribution in [3.63, 3.8) is 0 Å². The quantitative estimate of drug-likeness (QED) is 0.0211. The number of unbranched alkanes of at least 4 members (excludes halogenated alkanes) is 40. The van der Waals surface area contributed by atoms with Crippen molar-refractivity contribution in [2.45, 2.75) is 354 Å². The zero-order valence-electron chi connectivity index (χ0n) is 59.6. The fourth-order valence-electron chi connectivity index (χ4n) is 10.8. The van der Waals surface area contributed by atoms with E-state index >= 15 is 0 Å². The molecule has 0 saturated heterocycles. The summed E-state index contributed by atoms with van der Waals surface area (Å²) in [6, 6.07) is 0. The van der Waals surface area contributed by atoms with Crippen LogP contribution in [0.4, 0.5) is 0 Å². The van der Waals surface area contributed by atoms with Gasteiger partial charge in [-0.1, -0.05) is 336 Å². The van der Waals surface area contributed by atoms with Crippen molar-refractivity contribution in [1.82, 2.24) is 0 Å². The van der Waals surface area contributed by atoms with Crippen LogP contribution in [0.2, 0.25) is 0 Å². The molecule has 0 aliphatic rings.